The molecule has 0 saturated heterocycles. The highest BCUT2D eigenvalue weighted by molar-refractivity contribution is 7.98. The van der Waals surface area contributed by atoms with Crippen LogP contribution in [0.15, 0.2) is 52.1 Å². The van der Waals surface area contributed by atoms with E-state index < -0.39 is 17.6 Å². The zero-order valence-corrected chi connectivity index (χ0v) is 15.8. The van der Waals surface area contributed by atoms with Gasteiger partial charge >= 0.3 is 6.18 Å². The molecule has 0 aliphatic heterocycles. The number of benzene rings is 1. The van der Waals surface area contributed by atoms with Crippen molar-refractivity contribution in [2.24, 2.45) is 0 Å². The number of amides is 1. The first-order valence-corrected chi connectivity index (χ1v) is 9.43. The number of carbonyl (C=O) groups excluding carboxylic acids is 1. The third-order valence-corrected chi connectivity index (χ3v) is 4.61. The van der Waals surface area contributed by atoms with Gasteiger partial charge in [-0.15, -0.1) is 11.8 Å². The Morgan fingerprint density at radius 3 is 2.64 bits per heavy atom. The number of aryl methyl sites for hydroxylation is 1. The molecule has 0 saturated carbocycles. The van der Waals surface area contributed by atoms with Crippen molar-refractivity contribution in [3.63, 3.8) is 0 Å². The topological polar surface area (TPSA) is 68.0 Å². The van der Waals surface area contributed by atoms with Crippen LogP contribution < -0.4 is 5.32 Å². The standard InChI is InChI=1S/C19H16F3N3O2S/c1-11-15(18(28-2)25-16(24-11)14-7-4-8-27-14)17(26)23-10-12-5-3-6-13(9-12)19(20,21)22/h3-9H,10H2,1-2H3,(H,23,26). The lowest BCUT2D eigenvalue weighted by molar-refractivity contribution is -0.137. The van der Waals surface area contributed by atoms with Crippen LogP contribution in [-0.4, -0.2) is 22.1 Å². The molecule has 146 valence electrons. The minimum atomic E-state index is -4.43. The smallest absolute Gasteiger partial charge is 0.416 e. The molecule has 0 radical (unpaired) electrons. The minimum absolute atomic E-state index is 0.0457. The Morgan fingerprint density at radius 1 is 1.21 bits per heavy atom. The van der Waals surface area contributed by atoms with Gasteiger partial charge < -0.3 is 9.73 Å². The Bertz CT molecular complexity index is 989. The minimum Gasteiger partial charge on any atom is -0.461 e. The highest BCUT2D eigenvalue weighted by Gasteiger charge is 2.30. The number of nitrogens with one attached hydrogen (secondary N) is 1. The maximum absolute atomic E-state index is 12.8. The molecule has 0 bridgehead atoms. The molecule has 2 aromatic heterocycles. The fourth-order valence-electron chi connectivity index (χ4n) is 2.60. The van der Waals surface area contributed by atoms with Gasteiger partial charge in [-0.2, -0.15) is 13.2 Å². The summed E-state index contributed by atoms with van der Waals surface area (Å²) >= 11 is 1.27. The van der Waals surface area contributed by atoms with Crippen LogP contribution in [-0.2, 0) is 12.7 Å². The van der Waals surface area contributed by atoms with Crippen molar-refractivity contribution in [3.05, 3.63) is 65.0 Å². The molecule has 1 amide bonds. The molecule has 0 fully saturated rings. The second kappa shape index (κ2) is 8.05. The molecular weight excluding hydrogens is 391 g/mol. The molecule has 0 aliphatic carbocycles. The summed E-state index contributed by atoms with van der Waals surface area (Å²) in [6.07, 6.45) is -1.15. The van der Waals surface area contributed by atoms with Crippen LogP contribution in [0.2, 0.25) is 0 Å². The molecule has 0 aliphatic rings. The number of rotatable bonds is 5. The van der Waals surface area contributed by atoms with Crippen LogP contribution in [0.5, 0.6) is 0 Å². The first-order chi connectivity index (χ1) is 13.3. The number of carbonyl (C=O) groups is 1. The van der Waals surface area contributed by atoms with Crippen LogP contribution in [0.3, 0.4) is 0 Å². The summed E-state index contributed by atoms with van der Waals surface area (Å²) < 4.78 is 43.8. The second-order valence-electron chi connectivity index (χ2n) is 5.88. The summed E-state index contributed by atoms with van der Waals surface area (Å²) in [6.45, 7) is 1.63. The average Bonchev–Trinajstić information content (AvgIpc) is 3.19. The fourth-order valence-corrected chi connectivity index (χ4v) is 3.22. The monoisotopic (exact) mass is 407 g/mol. The molecule has 3 aromatic rings. The van der Waals surface area contributed by atoms with E-state index in [1.807, 2.05) is 0 Å². The number of halogens is 3. The van der Waals surface area contributed by atoms with E-state index in [2.05, 4.69) is 15.3 Å². The van der Waals surface area contributed by atoms with Gasteiger partial charge in [0.15, 0.2) is 11.6 Å². The number of nitrogens with zero attached hydrogens (tertiary/aromatic N) is 2. The van der Waals surface area contributed by atoms with Gasteiger partial charge in [-0.1, -0.05) is 12.1 Å². The van der Waals surface area contributed by atoms with Crippen molar-refractivity contribution in [1.82, 2.24) is 15.3 Å². The second-order valence-corrected chi connectivity index (χ2v) is 6.67. The van der Waals surface area contributed by atoms with Crippen molar-refractivity contribution in [2.75, 3.05) is 6.26 Å². The van der Waals surface area contributed by atoms with E-state index in [9.17, 15) is 18.0 Å². The van der Waals surface area contributed by atoms with Crippen LogP contribution >= 0.6 is 11.8 Å². The largest absolute Gasteiger partial charge is 0.461 e. The summed E-state index contributed by atoms with van der Waals surface area (Å²) in [5.74, 6) is 0.390. The molecule has 2 heterocycles. The Balaban J connectivity index is 1.81. The molecular formula is C19H16F3N3O2S. The predicted molar refractivity (Wildman–Crippen MR) is 98.9 cm³/mol. The van der Waals surface area contributed by atoms with Gasteiger partial charge in [0.25, 0.3) is 5.91 Å². The molecule has 1 aromatic carbocycles. The van der Waals surface area contributed by atoms with E-state index in [4.69, 9.17) is 4.42 Å². The number of thioether (sulfide) groups is 1. The number of hydrogen-bond donors (Lipinski definition) is 1. The van der Waals surface area contributed by atoms with Crippen molar-refractivity contribution >= 4 is 17.7 Å². The van der Waals surface area contributed by atoms with Crippen molar-refractivity contribution < 1.29 is 22.4 Å². The zero-order chi connectivity index (χ0) is 20.3. The highest BCUT2D eigenvalue weighted by atomic mass is 32.2. The van der Waals surface area contributed by atoms with E-state index in [1.165, 1.54) is 30.2 Å². The molecule has 3 rings (SSSR count). The third kappa shape index (κ3) is 4.36. The van der Waals surface area contributed by atoms with Crippen LogP contribution in [0, 0.1) is 6.92 Å². The van der Waals surface area contributed by atoms with Gasteiger partial charge in [-0.25, -0.2) is 9.97 Å². The Morgan fingerprint density at radius 2 is 2.00 bits per heavy atom. The van der Waals surface area contributed by atoms with Crippen molar-refractivity contribution in [1.29, 1.82) is 0 Å². The average molecular weight is 407 g/mol. The van der Waals surface area contributed by atoms with E-state index >= 15 is 0 Å². The van der Waals surface area contributed by atoms with E-state index in [-0.39, 0.29) is 12.1 Å². The molecule has 9 heteroatoms. The Hall–Kier alpha value is -2.81. The molecule has 28 heavy (non-hydrogen) atoms. The maximum Gasteiger partial charge on any atom is 0.416 e. The summed E-state index contributed by atoms with van der Waals surface area (Å²) in [7, 11) is 0. The number of alkyl halides is 3. The van der Waals surface area contributed by atoms with Crippen molar-refractivity contribution in [3.8, 4) is 11.6 Å². The summed E-state index contributed by atoms with van der Waals surface area (Å²) in [6, 6.07) is 8.26. The summed E-state index contributed by atoms with van der Waals surface area (Å²) in [5.41, 5.74) is 0.327. The van der Waals surface area contributed by atoms with E-state index in [0.717, 1.165) is 12.1 Å². The quantitative estimate of drug-likeness (QED) is 0.490. The Kier molecular flexibility index (Phi) is 5.73. The van der Waals surface area contributed by atoms with Gasteiger partial charge in [0.05, 0.1) is 23.1 Å². The van der Waals surface area contributed by atoms with Gasteiger partial charge in [0.1, 0.15) is 5.03 Å². The molecule has 1 N–H and O–H groups in total. The van der Waals surface area contributed by atoms with Gasteiger partial charge in [0, 0.05) is 6.54 Å². The third-order valence-electron chi connectivity index (χ3n) is 3.93. The predicted octanol–water partition coefficient (Wildman–Crippen LogP) is 4.72. The summed E-state index contributed by atoms with van der Waals surface area (Å²) in [5, 5.41) is 3.10. The van der Waals surface area contributed by atoms with Crippen LogP contribution in [0.4, 0.5) is 13.2 Å². The lowest BCUT2D eigenvalue weighted by Gasteiger charge is -2.12. The molecule has 0 unspecified atom stereocenters. The van der Waals surface area contributed by atoms with Gasteiger partial charge in [-0.3, -0.25) is 4.79 Å². The molecule has 5 nitrogen and oxygen atoms in total. The number of aromatic nitrogens is 2. The maximum atomic E-state index is 12.8. The van der Waals surface area contributed by atoms with E-state index in [1.54, 1.807) is 25.3 Å². The van der Waals surface area contributed by atoms with Crippen LogP contribution in [0.25, 0.3) is 11.6 Å². The normalized spacial score (nSPS) is 11.5. The van der Waals surface area contributed by atoms with E-state index in [0.29, 0.717) is 27.9 Å². The number of hydrogen-bond acceptors (Lipinski definition) is 5. The lowest BCUT2D eigenvalue weighted by atomic mass is 10.1. The fraction of sp³-hybridized carbons (Fsp3) is 0.211. The zero-order valence-electron chi connectivity index (χ0n) is 15.0. The molecule has 0 spiro atoms. The molecule has 0 atom stereocenters. The first-order valence-electron chi connectivity index (χ1n) is 8.20. The van der Waals surface area contributed by atoms with Crippen molar-refractivity contribution in [2.45, 2.75) is 24.7 Å². The first kappa shape index (κ1) is 19.9. The number of furan rings is 1. The van der Waals surface area contributed by atoms with Gasteiger partial charge in [0.2, 0.25) is 0 Å². The lowest BCUT2D eigenvalue weighted by Crippen LogP contribution is -2.25. The van der Waals surface area contributed by atoms with Gasteiger partial charge in [-0.05, 0) is 43.0 Å². The summed E-state index contributed by atoms with van der Waals surface area (Å²) in [4.78, 5) is 21.3. The highest BCUT2D eigenvalue weighted by Crippen LogP contribution is 2.29. The SMILES string of the molecule is CSc1nc(-c2ccco2)nc(C)c1C(=O)NCc1cccc(C(F)(F)F)c1. The van der Waals surface area contributed by atoms with Crippen LogP contribution in [0.1, 0.15) is 27.2 Å². The Labute approximate surface area is 163 Å².